The van der Waals surface area contributed by atoms with Gasteiger partial charge in [0.1, 0.15) is 42.9 Å². The minimum Gasteiger partial charge on any atom is -0.489 e. The highest BCUT2D eigenvalue weighted by molar-refractivity contribution is 5.31. The Bertz CT molecular complexity index is 675. The van der Waals surface area contributed by atoms with Crippen molar-refractivity contribution < 1.29 is 29.9 Å². The van der Waals surface area contributed by atoms with E-state index in [0.29, 0.717) is 17.9 Å². The summed E-state index contributed by atoms with van der Waals surface area (Å²) in [5, 5.41) is 39.3. The third-order valence-electron chi connectivity index (χ3n) is 4.33. The molecular weight excluding hydrogens is 324 g/mol. The maximum atomic E-state index is 10.2. The number of aliphatic hydroxyl groups excluding tert-OH is 4. The van der Waals surface area contributed by atoms with Gasteiger partial charge in [-0.25, -0.2) is 0 Å². The van der Waals surface area contributed by atoms with Crippen molar-refractivity contribution in [2.75, 3.05) is 6.61 Å². The molecule has 1 fully saturated rings. The lowest BCUT2D eigenvalue weighted by Gasteiger charge is -2.40. The van der Waals surface area contributed by atoms with Crippen LogP contribution in [0.1, 0.15) is 17.2 Å². The third kappa shape index (κ3) is 4.00. The van der Waals surface area contributed by atoms with E-state index in [9.17, 15) is 20.4 Å². The van der Waals surface area contributed by atoms with Crippen LogP contribution >= 0.6 is 0 Å². The fourth-order valence-corrected chi connectivity index (χ4v) is 2.90. The van der Waals surface area contributed by atoms with Crippen LogP contribution in [-0.4, -0.2) is 51.4 Å². The Morgan fingerprint density at radius 3 is 2.36 bits per heavy atom. The molecule has 6 nitrogen and oxygen atoms in total. The van der Waals surface area contributed by atoms with Crippen molar-refractivity contribution in [3.05, 3.63) is 65.7 Å². The van der Waals surface area contributed by atoms with E-state index in [0.717, 1.165) is 5.56 Å². The van der Waals surface area contributed by atoms with Crippen LogP contribution in [0, 0.1) is 0 Å². The zero-order chi connectivity index (χ0) is 17.8. The Balaban J connectivity index is 1.74. The van der Waals surface area contributed by atoms with Gasteiger partial charge in [0.05, 0.1) is 6.61 Å². The van der Waals surface area contributed by atoms with Crippen LogP contribution in [0.25, 0.3) is 0 Å². The molecule has 0 saturated carbocycles. The van der Waals surface area contributed by atoms with Crippen LogP contribution in [0.4, 0.5) is 0 Å². The molecule has 2 aromatic carbocycles. The van der Waals surface area contributed by atoms with Crippen LogP contribution in [0.2, 0.25) is 0 Å². The van der Waals surface area contributed by atoms with E-state index in [2.05, 4.69) is 0 Å². The fourth-order valence-electron chi connectivity index (χ4n) is 2.90. The highest BCUT2D eigenvalue weighted by atomic mass is 16.5. The van der Waals surface area contributed by atoms with Crippen LogP contribution < -0.4 is 4.74 Å². The Hall–Kier alpha value is -1.96. The normalized spacial score (nSPS) is 29.4. The van der Waals surface area contributed by atoms with Crippen molar-refractivity contribution in [2.45, 2.75) is 37.1 Å². The van der Waals surface area contributed by atoms with E-state index in [4.69, 9.17) is 9.47 Å². The first-order chi connectivity index (χ1) is 12.1. The van der Waals surface area contributed by atoms with Crippen LogP contribution in [0.15, 0.2) is 54.6 Å². The summed E-state index contributed by atoms with van der Waals surface area (Å²) in [5.41, 5.74) is 1.63. The molecule has 1 heterocycles. The van der Waals surface area contributed by atoms with Gasteiger partial charge in [-0.15, -0.1) is 0 Å². The molecule has 0 radical (unpaired) electrons. The lowest BCUT2D eigenvalue weighted by atomic mass is 9.91. The van der Waals surface area contributed by atoms with Gasteiger partial charge in [-0.2, -0.15) is 0 Å². The van der Waals surface area contributed by atoms with Crippen molar-refractivity contribution in [3.63, 3.8) is 0 Å². The summed E-state index contributed by atoms with van der Waals surface area (Å²) in [6.07, 6.45) is -5.87. The minimum absolute atomic E-state index is 0.402. The number of hydrogen-bond donors (Lipinski definition) is 4. The predicted molar refractivity (Wildman–Crippen MR) is 89.9 cm³/mol. The van der Waals surface area contributed by atoms with Gasteiger partial charge >= 0.3 is 0 Å². The zero-order valence-corrected chi connectivity index (χ0v) is 13.6. The van der Waals surface area contributed by atoms with Crippen molar-refractivity contribution >= 4 is 0 Å². The standard InChI is InChI=1S/C19H22O6/c20-10-15-16(21)17(22)18(23)19(25-15)13-7-4-8-14(9-13)24-11-12-5-2-1-3-6-12/h1-9,15-23H,10-11H2/t15-,16-,17+,18+,19?/m1/s1. The molecular formula is C19H22O6. The molecule has 6 heteroatoms. The molecule has 1 aliphatic heterocycles. The summed E-state index contributed by atoms with van der Waals surface area (Å²) < 4.78 is 11.3. The summed E-state index contributed by atoms with van der Waals surface area (Å²) in [6.45, 7) is -0.0510. The summed E-state index contributed by atoms with van der Waals surface area (Å²) in [5.74, 6) is 0.596. The molecule has 0 spiro atoms. The summed E-state index contributed by atoms with van der Waals surface area (Å²) in [7, 11) is 0. The number of aliphatic hydroxyl groups is 4. The van der Waals surface area contributed by atoms with Crippen LogP contribution in [-0.2, 0) is 11.3 Å². The first kappa shape index (κ1) is 17.8. The lowest BCUT2D eigenvalue weighted by molar-refractivity contribution is -0.231. The Kier molecular flexibility index (Phi) is 5.67. The Morgan fingerprint density at radius 1 is 0.880 bits per heavy atom. The van der Waals surface area contributed by atoms with Gasteiger partial charge < -0.3 is 29.9 Å². The highest BCUT2D eigenvalue weighted by Crippen LogP contribution is 2.33. The number of rotatable bonds is 5. The number of ether oxygens (including phenoxy) is 2. The van der Waals surface area contributed by atoms with E-state index in [1.54, 1.807) is 24.3 Å². The molecule has 2 aromatic rings. The van der Waals surface area contributed by atoms with Gasteiger partial charge in [0.25, 0.3) is 0 Å². The second-order valence-electron chi connectivity index (χ2n) is 6.10. The average Bonchev–Trinajstić information content (AvgIpc) is 2.66. The van der Waals surface area contributed by atoms with Crippen molar-refractivity contribution in [3.8, 4) is 5.75 Å². The van der Waals surface area contributed by atoms with Crippen molar-refractivity contribution in [1.29, 1.82) is 0 Å². The molecule has 5 atom stereocenters. The average molecular weight is 346 g/mol. The van der Waals surface area contributed by atoms with Gasteiger partial charge in [-0.1, -0.05) is 42.5 Å². The summed E-state index contributed by atoms with van der Waals surface area (Å²) >= 11 is 0. The van der Waals surface area contributed by atoms with E-state index in [-0.39, 0.29) is 0 Å². The number of hydrogen-bond acceptors (Lipinski definition) is 6. The first-order valence-corrected chi connectivity index (χ1v) is 8.17. The van der Waals surface area contributed by atoms with E-state index in [1.807, 2.05) is 30.3 Å². The van der Waals surface area contributed by atoms with E-state index >= 15 is 0 Å². The Labute approximate surface area is 145 Å². The minimum atomic E-state index is -1.40. The Morgan fingerprint density at radius 2 is 1.64 bits per heavy atom. The van der Waals surface area contributed by atoms with Crippen LogP contribution in [0.3, 0.4) is 0 Å². The van der Waals surface area contributed by atoms with Gasteiger partial charge in [0.15, 0.2) is 0 Å². The SMILES string of the molecule is OC[C@H]1OC(c2cccc(OCc3ccccc3)c2)[C@@H](O)[C@@H](O)[C@@H]1O. The molecule has 0 aliphatic carbocycles. The fraction of sp³-hybridized carbons (Fsp3) is 0.368. The van der Waals surface area contributed by atoms with Crippen molar-refractivity contribution in [2.24, 2.45) is 0 Å². The molecule has 25 heavy (non-hydrogen) atoms. The molecule has 0 aromatic heterocycles. The molecule has 134 valence electrons. The molecule has 1 saturated heterocycles. The third-order valence-corrected chi connectivity index (χ3v) is 4.33. The second kappa shape index (κ2) is 7.95. The predicted octanol–water partition coefficient (Wildman–Crippen LogP) is 0.780. The largest absolute Gasteiger partial charge is 0.489 e. The van der Waals surface area contributed by atoms with Gasteiger partial charge in [-0.3, -0.25) is 0 Å². The lowest BCUT2D eigenvalue weighted by Crippen LogP contribution is -2.55. The zero-order valence-electron chi connectivity index (χ0n) is 13.6. The molecule has 3 rings (SSSR count). The molecule has 1 unspecified atom stereocenters. The molecule has 4 N–H and O–H groups in total. The van der Waals surface area contributed by atoms with E-state index in [1.165, 1.54) is 0 Å². The molecule has 0 bridgehead atoms. The monoisotopic (exact) mass is 346 g/mol. The van der Waals surface area contributed by atoms with Gasteiger partial charge in [0, 0.05) is 0 Å². The number of benzene rings is 2. The van der Waals surface area contributed by atoms with Crippen molar-refractivity contribution in [1.82, 2.24) is 0 Å². The smallest absolute Gasteiger partial charge is 0.120 e. The second-order valence-corrected chi connectivity index (χ2v) is 6.10. The maximum absolute atomic E-state index is 10.2. The summed E-state index contributed by atoms with van der Waals surface area (Å²) in [4.78, 5) is 0. The first-order valence-electron chi connectivity index (χ1n) is 8.17. The molecule has 1 aliphatic rings. The highest BCUT2D eigenvalue weighted by Gasteiger charge is 2.43. The van der Waals surface area contributed by atoms with Gasteiger partial charge in [0.2, 0.25) is 0 Å². The maximum Gasteiger partial charge on any atom is 0.120 e. The molecule has 0 amide bonds. The van der Waals surface area contributed by atoms with Crippen LogP contribution in [0.5, 0.6) is 5.75 Å². The summed E-state index contributed by atoms with van der Waals surface area (Å²) in [6, 6.07) is 16.7. The van der Waals surface area contributed by atoms with E-state index < -0.39 is 37.1 Å². The topological polar surface area (TPSA) is 99.4 Å². The quantitative estimate of drug-likeness (QED) is 0.639. The van der Waals surface area contributed by atoms with Gasteiger partial charge in [-0.05, 0) is 23.3 Å².